The normalized spacial score (nSPS) is 11.1. The van der Waals surface area contributed by atoms with Crippen molar-refractivity contribution in [1.82, 2.24) is 0 Å². The van der Waals surface area contributed by atoms with Crippen LogP contribution in [-0.2, 0) is 6.42 Å². The first-order chi connectivity index (χ1) is 14.6. The van der Waals surface area contributed by atoms with Crippen LogP contribution in [0.1, 0.15) is 57.4 Å². The largest absolute Gasteiger partial charge is 0.204 e. The average molecular weight is 411 g/mol. The minimum absolute atomic E-state index is 0.328. The second kappa shape index (κ2) is 11.0. The van der Waals surface area contributed by atoms with Gasteiger partial charge >= 0.3 is 0 Å². The molecular formula is C27H29F3. The summed E-state index contributed by atoms with van der Waals surface area (Å²) in [5.41, 5.74) is 4.14. The Morgan fingerprint density at radius 3 is 1.73 bits per heavy atom. The quantitative estimate of drug-likeness (QED) is 0.231. The van der Waals surface area contributed by atoms with Crippen LogP contribution < -0.4 is 0 Å². The van der Waals surface area contributed by atoms with Crippen molar-refractivity contribution in [1.29, 1.82) is 0 Å². The maximum absolute atomic E-state index is 13.7. The van der Waals surface area contributed by atoms with Crippen LogP contribution in [-0.4, -0.2) is 0 Å². The molecule has 0 aliphatic heterocycles. The number of aryl methyl sites for hydroxylation is 1. The van der Waals surface area contributed by atoms with Crippen LogP contribution in [0.3, 0.4) is 0 Å². The van der Waals surface area contributed by atoms with Crippen molar-refractivity contribution < 1.29 is 13.2 Å². The maximum Gasteiger partial charge on any atom is 0.194 e. The van der Waals surface area contributed by atoms with Crippen LogP contribution in [0, 0.1) is 17.5 Å². The topological polar surface area (TPSA) is 0 Å². The highest BCUT2D eigenvalue weighted by Gasteiger charge is 2.14. The van der Waals surface area contributed by atoms with E-state index in [0.29, 0.717) is 11.1 Å². The molecule has 0 aliphatic rings. The van der Waals surface area contributed by atoms with E-state index < -0.39 is 17.5 Å². The van der Waals surface area contributed by atoms with E-state index in [1.165, 1.54) is 50.5 Å². The third kappa shape index (κ3) is 5.75. The molecule has 158 valence electrons. The Morgan fingerprint density at radius 2 is 1.13 bits per heavy atom. The van der Waals surface area contributed by atoms with Gasteiger partial charge in [0.15, 0.2) is 17.5 Å². The van der Waals surface area contributed by atoms with Gasteiger partial charge in [-0.15, -0.1) is 0 Å². The minimum Gasteiger partial charge on any atom is -0.204 e. The lowest BCUT2D eigenvalue weighted by Crippen LogP contribution is -1.93. The fraction of sp³-hybridized carbons (Fsp3) is 0.333. The highest BCUT2D eigenvalue weighted by molar-refractivity contribution is 5.83. The van der Waals surface area contributed by atoms with Crippen molar-refractivity contribution >= 4 is 0 Å². The van der Waals surface area contributed by atoms with Gasteiger partial charge in [-0.2, -0.15) is 0 Å². The highest BCUT2D eigenvalue weighted by atomic mass is 19.2. The lowest BCUT2D eigenvalue weighted by atomic mass is 9.93. The molecule has 3 heteroatoms. The molecule has 0 saturated carbocycles. The van der Waals surface area contributed by atoms with Crippen molar-refractivity contribution in [2.75, 3.05) is 0 Å². The summed E-state index contributed by atoms with van der Waals surface area (Å²) in [5, 5.41) is 0. The molecule has 0 atom stereocenters. The summed E-state index contributed by atoms with van der Waals surface area (Å²) in [6, 6.07) is 17.8. The van der Waals surface area contributed by atoms with Gasteiger partial charge < -0.3 is 0 Å². The van der Waals surface area contributed by atoms with E-state index in [9.17, 15) is 13.2 Å². The van der Waals surface area contributed by atoms with Crippen LogP contribution in [0.25, 0.3) is 22.3 Å². The maximum atomic E-state index is 13.7. The van der Waals surface area contributed by atoms with Crippen LogP contribution in [0.2, 0.25) is 0 Å². The zero-order valence-electron chi connectivity index (χ0n) is 17.6. The monoisotopic (exact) mass is 410 g/mol. The van der Waals surface area contributed by atoms with E-state index in [-0.39, 0.29) is 0 Å². The standard InChI is InChI=1S/C27H29F3/c1-2-3-4-5-6-7-8-11-20-14-16-21(17-15-20)23-12-9-10-13-24(23)22-18-25(28)27(30)26(29)19-22/h9-10,12-19H,2-8,11H2,1H3. The molecule has 0 amide bonds. The van der Waals surface area contributed by atoms with Gasteiger partial charge in [-0.3, -0.25) is 0 Å². The summed E-state index contributed by atoms with van der Waals surface area (Å²) in [5.74, 6) is -3.79. The van der Waals surface area contributed by atoms with Gasteiger partial charge in [0.1, 0.15) is 0 Å². The van der Waals surface area contributed by atoms with Gasteiger partial charge in [0, 0.05) is 0 Å². The summed E-state index contributed by atoms with van der Waals surface area (Å²) in [7, 11) is 0. The Kier molecular flexibility index (Phi) is 8.12. The molecule has 0 N–H and O–H groups in total. The summed E-state index contributed by atoms with van der Waals surface area (Å²) < 4.78 is 40.8. The summed E-state index contributed by atoms with van der Waals surface area (Å²) in [6.07, 6.45) is 10.1. The number of benzene rings is 3. The summed E-state index contributed by atoms with van der Waals surface area (Å²) in [6.45, 7) is 2.23. The Hall–Kier alpha value is -2.55. The molecular weight excluding hydrogens is 381 g/mol. The van der Waals surface area contributed by atoms with Gasteiger partial charge in [0.05, 0.1) is 0 Å². The Balaban J connectivity index is 1.69. The molecule has 3 aromatic carbocycles. The van der Waals surface area contributed by atoms with Gasteiger partial charge in [-0.05, 0) is 52.8 Å². The van der Waals surface area contributed by atoms with Gasteiger partial charge in [-0.1, -0.05) is 94.0 Å². The van der Waals surface area contributed by atoms with Crippen LogP contribution in [0.4, 0.5) is 13.2 Å². The predicted molar refractivity (Wildman–Crippen MR) is 119 cm³/mol. The van der Waals surface area contributed by atoms with Gasteiger partial charge in [0.25, 0.3) is 0 Å². The van der Waals surface area contributed by atoms with E-state index >= 15 is 0 Å². The van der Waals surface area contributed by atoms with Crippen molar-refractivity contribution in [2.45, 2.75) is 58.3 Å². The lowest BCUT2D eigenvalue weighted by molar-refractivity contribution is 0.448. The van der Waals surface area contributed by atoms with E-state index in [1.807, 2.05) is 30.3 Å². The number of halogens is 3. The molecule has 0 nitrogen and oxygen atoms in total. The number of rotatable bonds is 10. The van der Waals surface area contributed by atoms with E-state index in [4.69, 9.17) is 0 Å². The molecule has 0 saturated heterocycles. The minimum atomic E-state index is -1.44. The molecule has 0 aliphatic carbocycles. The van der Waals surface area contributed by atoms with Gasteiger partial charge in [-0.25, -0.2) is 13.2 Å². The van der Waals surface area contributed by atoms with Gasteiger partial charge in [0.2, 0.25) is 0 Å². The second-order valence-corrected chi connectivity index (χ2v) is 7.87. The third-order valence-electron chi connectivity index (χ3n) is 5.56. The molecule has 0 spiro atoms. The molecule has 0 fully saturated rings. The van der Waals surface area contributed by atoms with E-state index in [0.717, 1.165) is 29.7 Å². The van der Waals surface area contributed by atoms with Crippen molar-refractivity contribution in [3.63, 3.8) is 0 Å². The molecule has 3 aromatic rings. The molecule has 3 rings (SSSR count). The lowest BCUT2D eigenvalue weighted by Gasteiger charge is -2.12. The molecule has 0 aromatic heterocycles. The zero-order valence-corrected chi connectivity index (χ0v) is 17.6. The zero-order chi connectivity index (χ0) is 21.3. The predicted octanol–water partition coefficient (Wildman–Crippen LogP) is 8.73. The first kappa shape index (κ1) is 22.1. The number of unbranched alkanes of at least 4 members (excludes halogenated alkanes) is 6. The number of hydrogen-bond acceptors (Lipinski definition) is 0. The average Bonchev–Trinajstić information content (AvgIpc) is 2.77. The third-order valence-corrected chi connectivity index (χ3v) is 5.56. The van der Waals surface area contributed by atoms with Crippen molar-refractivity contribution in [2.24, 2.45) is 0 Å². The first-order valence-corrected chi connectivity index (χ1v) is 10.9. The van der Waals surface area contributed by atoms with Crippen LogP contribution >= 0.6 is 0 Å². The molecule has 0 bridgehead atoms. The van der Waals surface area contributed by atoms with Crippen LogP contribution in [0.15, 0.2) is 60.7 Å². The molecule has 0 unspecified atom stereocenters. The van der Waals surface area contributed by atoms with E-state index in [1.54, 1.807) is 6.07 Å². The highest BCUT2D eigenvalue weighted by Crippen LogP contribution is 2.33. The smallest absolute Gasteiger partial charge is 0.194 e. The molecule has 0 heterocycles. The molecule has 0 radical (unpaired) electrons. The summed E-state index contributed by atoms with van der Waals surface area (Å²) >= 11 is 0. The van der Waals surface area contributed by atoms with Crippen molar-refractivity contribution in [3.05, 3.63) is 83.7 Å². The Labute approximate surface area is 177 Å². The summed E-state index contributed by atoms with van der Waals surface area (Å²) in [4.78, 5) is 0. The van der Waals surface area contributed by atoms with Crippen molar-refractivity contribution in [3.8, 4) is 22.3 Å². The molecule has 30 heavy (non-hydrogen) atoms. The number of hydrogen-bond donors (Lipinski definition) is 0. The van der Waals surface area contributed by atoms with E-state index in [2.05, 4.69) is 19.1 Å². The Bertz CT molecular complexity index is 922. The first-order valence-electron chi connectivity index (χ1n) is 10.9. The SMILES string of the molecule is CCCCCCCCCc1ccc(-c2ccccc2-c2cc(F)c(F)c(F)c2)cc1. The second-order valence-electron chi connectivity index (χ2n) is 7.87. The fourth-order valence-electron chi connectivity index (χ4n) is 3.83. The Morgan fingerprint density at radius 1 is 0.600 bits per heavy atom. The van der Waals surface area contributed by atoms with Crippen LogP contribution in [0.5, 0.6) is 0 Å². The fourth-order valence-corrected chi connectivity index (χ4v) is 3.83.